The lowest BCUT2D eigenvalue weighted by molar-refractivity contribution is 0.283. The van der Waals surface area contributed by atoms with Crippen LogP contribution in [0.4, 0.5) is 0 Å². The number of aromatic nitrogens is 2. The molecule has 0 aliphatic heterocycles. The first-order chi connectivity index (χ1) is 12.1. The largest absolute Gasteiger partial charge is 0.459 e. The van der Waals surface area contributed by atoms with E-state index in [9.17, 15) is 9.59 Å². The number of H-pyrrole nitrogens is 1. The summed E-state index contributed by atoms with van der Waals surface area (Å²) in [6, 6.07) is 11.4. The summed E-state index contributed by atoms with van der Waals surface area (Å²) in [4.78, 5) is 31.7. The smallest absolute Gasteiger partial charge is 0.337 e. The quantitative estimate of drug-likeness (QED) is 0.608. The highest BCUT2D eigenvalue weighted by Crippen LogP contribution is 2.26. The Bertz CT molecular complexity index is 1160. The number of hydrogen-bond donors (Lipinski definition) is 1. The van der Waals surface area contributed by atoms with E-state index in [-0.39, 0.29) is 29.3 Å². The molecule has 0 saturated heterocycles. The highest BCUT2D eigenvalue weighted by Gasteiger charge is 2.12. The van der Waals surface area contributed by atoms with E-state index in [1.54, 1.807) is 11.3 Å². The zero-order chi connectivity index (χ0) is 17.4. The molecule has 1 aromatic carbocycles. The van der Waals surface area contributed by atoms with Gasteiger partial charge in [-0.05, 0) is 29.5 Å². The van der Waals surface area contributed by atoms with Crippen molar-refractivity contribution < 1.29 is 9.15 Å². The van der Waals surface area contributed by atoms with Crippen LogP contribution in [0.1, 0.15) is 17.4 Å². The van der Waals surface area contributed by atoms with Crippen LogP contribution in [0.3, 0.4) is 0 Å². The van der Waals surface area contributed by atoms with Crippen LogP contribution in [0, 0.1) is 0 Å². The lowest BCUT2D eigenvalue weighted by atomic mass is 10.1. The molecule has 0 saturated carbocycles. The van der Waals surface area contributed by atoms with Crippen LogP contribution >= 0.6 is 11.3 Å². The van der Waals surface area contributed by atoms with Gasteiger partial charge in [-0.2, -0.15) is 4.98 Å². The first kappa shape index (κ1) is 15.6. The summed E-state index contributed by atoms with van der Waals surface area (Å²) in [5.41, 5.74) is -0.301. The minimum absolute atomic E-state index is 0.000518. The molecule has 25 heavy (non-hydrogen) atoms. The highest BCUT2D eigenvalue weighted by atomic mass is 32.1. The molecule has 0 fully saturated rings. The predicted octanol–water partition coefficient (Wildman–Crippen LogP) is 3.23. The molecule has 3 heterocycles. The molecule has 0 bridgehead atoms. The number of thiophene rings is 1. The van der Waals surface area contributed by atoms with Crippen molar-refractivity contribution in [2.24, 2.45) is 0 Å². The SMILES string of the molecule is CCc1cc(=O)oc2nc(OCc3cc4ccccc4s3)[nH]c(=O)c12. The summed E-state index contributed by atoms with van der Waals surface area (Å²) in [6.07, 6.45) is 0.537. The Morgan fingerprint density at radius 3 is 2.88 bits per heavy atom. The molecule has 0 unspecified atom stereocenters. The van der Waals surface area contributed by atoms with Crippen molar-refractivity contribution in [3.8, 4) is 6.01 Å². The Hall–Kier alpha value is -2.93. The normalized spacial score (nSPS) is 11.2. The Morgan fingerprint density at radius 1 is 1.24 bits per heavy atom. The Labute approximate surface area is 145 Å². The number of fused-ring (bicyclic) bond motifs is 2. The molecule has 4 rings (SSSR count). The van der Waals surface area contributed by atoms with Crippen molar-refractivity contribution in [2.75, 3.05) is 0 Å². The number of benzene rings is 1. The summed E-state index contributed by atoms with van der Waals surface area (Å²) < 4.78 is 11.8. The van der Waals surface area contributed by atoms with Gasteiger partial charge in [-0.1, -0.05) is 25.1 Å². The van der Waals surface area contributed by atoms with Gasteiger partial charge >= 0.3 is 5.63 Å². The van der Waals surface area contributed by atoms with E-state index < -0.39 is 5.63 Å². The Morgan fingerprint density at radius 2 is 2.08 bits per heavy atom. The number of hydrogen-bond acceptors (Lipinski definition) is 6. The molecule has 3 aromatic heterocycles. The molecular formula is C18H14N2O4S. The van der Waals surface area contributed by atoms with E-state index in [2.05, 4.69) is 9.97 Å². The van der Waals surface area contributed by atoms with Crippen molar-refractivity contribution in [3.05, 3.63) is 67.6 Å². The van der Waals surface area contributed by atoms with E-state index in [4.69, 9.17) is 9.15 Å². The average Bonchev–Trinajstić information content (AvgIpc) is 3.01. The van der Waals surface area contributed by atoms with E-state index in [0.717, 1.165) is 10.3 Å². The van der Waals surface area contributed by atoms with Crippen LogP contribution in [0.5, 0.6) is 6.01 Å². The summed E-state index contributed by atoms with van der Waals surface area (Å²) in [6.45, 7) is 2.13. The molecule has 7 heteroatoms. The summed E-state index contributed by atoms with van der Waals surface area (Å²) in [5, 5.41) is 1.43. The van der Waals surface area contributed by atoms with Crippen LogP contribution in [-0.4, -0.2) is 9.97 Å². The van der Waals surface area contributed by atoms with Gasteiger partial charge in [0.1, 0.15) is 12.0 Å². The molecule has 126 valence electrons. The van der Waals surface area contributed by atoms with Crippen molar-refractivity contribution in [2.45, 2.75) is 20.0 Å². The molecule has 0 radical (unpaired) electrons. The zero-order valence-corrected chi connectivity index (χ0v) is 14.2. The van der Waals surface area contributed by atoms with Crippen LogP contribution in [-0.2, 0) is 13.0 Å². The number of aromatic amines is 1. The topological polar surface area (TPSA) is 85.2 Å². The summed E-state index contributed by atoms with van der Waals surface area (Å²) in [5.74, 6) is 0. The lowest BCUT2D eigenvalue weighted by Crippen LogP contribution is -2.15. The van der Waals surface area contributed by atoms with Gasteiger partial charge in [-0.15, -0.1) is 11.3 Å². The van der Waals surface area contributed by atoms with Crippen LogP contribution in [0.2, 0.25) is 0 Å². The number of ether oxygens (including phenoxy) is 1. The first-order valence-electron chi connectivity index (χ1n) is 7.81. The van der Waals surface area contributed by atoms with Gasteiger partial charge in [0.25, 0.3) is 11.6 Å². The second-order valence-corrected chi connectivity index (χ2v) is 6.70. The van der Waals surface area contributed by atoms with E-state index in [1.165, 1.54) is 10.8 Å². The van der Waals surface area contributed by atoms with E-state index in [1.807, 2.05) is 37.3 Å². The standard InChI is InChI=1S/C18H14N2O4S/c1-2-10-8-14(21)24-17-15(10)16(22)19-18(20-17)23-9-12-7-11-5-3-4-6-13(11)25-12/h3-8H,2,9H2,1H3,(H,19,20,22). The van der Waals surface area contributed by atoms with Gasteiger partial charge in [0.2, 0.25) is 5.71 Å². The minimum Gasteiger partial charge on any atom is -0.459 e. The van der Waals surface area contributed by atoms with Crippen molar-refractivity contribution in [1.29, 1.82) is 0 Å². The second kappa shape index (κ2) is 6.18. The maximum Gasteiger partial charge on any atom is 0.337 e. The monoisotopic (exact) mass is 354 g/mol. The maximum atomic E-state index is 12.3. The van der Waals surface area contributed by atoms with Crippen LogP contribution < -0.4 is 15.9 Å². The van der Waals surface area contributed by atoms with Crippen LogP contribution in [0.25, 0.3) is 21.2 Å². The number of rotatable bonds is 4. The van der Waals surface area contributed by atoms with Gasteiger partial charge in [-0.25, -0.2) is 4.79 Å². The summed E-state index contributed by atoms with van der Waals surface area (Å²) in [7, 11) is 0. The number of nitrogens with zero attached hydrogens (tertiary/aromatic N) is 1. The van der Waals surface area contributed by atoms with Gasteiger partial charge in [0.15, 0.2) is 0 Å². The van der Waals surface area contributed by atoms with Gasteiger partial charge in [-0.3, -0.25) is 9.78 Å². The maximum absolute atomic E-state index is 12.3. The fourth-order valence-corrected chi connectivity index (χ4v) is 3.70. The van der Waals surface area contributed by atoms with E-state index in [0.29, 0.717) is 12.0 Å². The summed E-state index contributed by atoms with van der Waals surface area (Å²) >= 11 is 1.61. The fourth-order valence-electron chi connectivity index (χ4n) is 2.72. The average molecular weight is 354 g/mol. The molecule has 4 aromatic rings. The van der Waals surface area contributed by atoms with Gasteiger partial charge < -0.3 is 9.15 Å². The second-order valence-electron chi connectivity index (χ2n) is 5.53. The Balaban J connectivity index is 1.67. The number of nitrogens with one attached hydrogen (secondary N) is 1. The molecule has 0 spiro atoms. The van der Waals surface area contributed by atoms with Crippen molar-refractivity contribution >= 4 is 32.5 Å². The predicted molar refractivity (Wildman–Crippen MR) is 96.4 cm³/mol. The molecular weight excluding hydrogens is 340 g/mol. The van der Waals surface area contributed by atoms with E-state index >= 15 is 0 Å². The molecule has 6 nitrogen and oxygen atoms in total. The third-order valence-corrected chi connectivity index (χ3v) is 4.97. The molecule has 0 atom stereocenters. The third kappa shape index (κ3) is 2.94. The highest BCUT2D eigenvalue weighted by molar-refractivity contribution is 7.19. The minimum atomic E-state index is -0.530. The fraction of sp³-hybridized carbons (Fsp3) is 0.167. The Kier molecular flexibility index (Phi) is 3.85. The third-order valence-electron chi connectivity index (χ3n) is 3.88. The van der Waals surface area contributed by atoms with Gasteiger partial charge in [0, 0.05) is 15.6 Å². The molecule has 0 aliphatic carbocycles. The molecule has 1 N–H and O–H groups in total. The van der Waals surface area contributed by atoms with Crippen LogP contribution in [0.15, 0.2) is 50.4 Å². The molecule has 0 amide bonds. The van der Waals surface area contributed by atoms with Gasteiger partial charge in [0.05, 0.1) is 0 Å². The van der Waals surface area contributed by atoms with Crippen molar-refractivity contribution in [3.63, 3.8) is 0 Å². The first-order valence-corrected chi connectivity index (χ1v) is 8.63. The zero-order valence-electron chi connectivity index (χ0n) is 13.4. The number of aryl methyl sites for hydroxylation is 1. The molecule has 0 aliphatic rings. The van der Waals surface area contributed by atoms with Crippen molar-refractivity contribution in [1.82, 2.24) is 9.97 Å². The lowest BCUT2D eigenvalue weighted by Gasteiger charge is -2.05.